The Balaban J connectivity index is 2.06. The van der Waals surface area contributed by atoms with Crippen LogP contribution in [0.15, 0.2) is 59.5 Å². The van der Waals surface area contributed by atoms with Crippen LogP contribution in [0.3, 0.4) is 0 Å². The molecule has 0 saturated carbocycles. The van der Waals surface area contributed by atoms with Crippen LogP contribution in [0.1, 0.15) is 30.2 Å². The van der Waals surface area contributed by atoms with Crippen LogP contribution in [0.25, 0.3) is 0 Å². The minimum Gasteiger partial charge on any atom is -0.387 e. The lowest BCUT2D eigenvalue weighted by atomic mass is 10.1. The van der Waals surface area contributed by atoms with E-state index < -0.39 is 16.1 Å². The van der Waals surface area contributed by atoms with Gasteiger partial charge in [0.2, 0.25) is 10.0 Å². The Morgan fingerprint density at radius 3 is 2.13 bits per heavy atom. The summed E-state index contributed by atoms with van der Waals surface area (Å²) in [6.45, 7) is 2.48. The molecule has 2 aromatic rings. The van der Waals surface area contributed by atoms with E-state index in [1.165, 1.54) is 12.1 Å². The highest BCUT2D eigenvalue weighted by Gasteiger charge is 2.17. The molecule has 23 heavy (non-hydrogen) atoms. The van der Waals surface area contributed by atoms with Gasteiger partial charge in [0.15, 0.2) is 0 Å². The summed E-state index contributed by atoms with van der Waals surface area (Å²) in [6, 6.07) is 16.0. The highest BCUT2D eigenvalue weighted by Crippen LogP contribution is 2.23. The molecular formula is C17H22N2O3S. The van der Waals surface area contributed by atoms with Crippen LogP contribution in [0.5, 0.6) is 0 Å². The molecule has 0 heterocycles. The predicted molar refractivity (Wildman–Crippen MR) is 90.3 cm³/mol. The van der Waals surface area contributed by atoms with E-state index in [1.807, 2.05) is 49.2 Å². The van der Waals surface area contributed by atoms with Gasteiger partial charge in [-0.2, -0.15) is 0 Å². The van der Waals surface area contributed by atoms with E-state index in [4.69, 9.17) is 5.14 Å². The molecule has 0 unspecified atom stereocenters. The van der Waals surface area contributed by atoms with Gasteiger partial charge in [-0.15, -0.1) is 0 Å². The molecule has 0 amide bonds. The molecule has 0 aliphatic carbocycles. The van der Waals surface area contributed by atoms with Crippen molar-refractivity contribution in [1.29, 1.82) is 0 Å². The number of hydrogen-bond acceptors (Lipinski definition) is 4. The Morgan fingerprint density at radius 2 is 1.61 bits per heavy atom. The van der Waals surface area contributed by atoms with Crippen molar-refractivity contribution in [2.75, 3.05) is 13.6 Å². The molecule has 0 radical (unpaired) electrons. The van der Waals surface area contributed by atoms with Gasteiger partial charge in [0.05, 0.1) is 11.0 Å². The predicted octanol–water partition coefficient (Wildman–Crippen LogP) is 2.06. The van der Waals surface area contributed by atoms with Gasteiger partial charge in [0.1, 0.15) is 0 Å². The second kappa shape index (κ2) is 7.23. The maximum absolute atomic E-state index is 11.3. The smallest absolute Gasteiger partial charge is 0.238 e. The number of aliphatic hydroxyl groups is 1. The minimum absolute atomic E-state index is 0.0305. The first kappa shape index (κ1) is 17.6. The molecule has 124 valence electrons. The van der Waals surface area contributed by atoms with Crippen molar-refractivity contribution in [1.82, 2.24) is 4.90 Å². The lowest BCUT2D eigenvalue weighted by Crippen LogP contribution is -2.27. The van der Waals surface area contributed by atoms with Gasteiger partial charge in [-0.1, -0.05) is 42.5 Å². The molecule has 2 aromatic carbocycles. The van der Waals surface area contributed by atoms with Gasteiger partial charge < -0.3 is 5.11 Å². The van der Waals surface area contributed by atoms with E-state index in [0.717, 1.165) is 11.1 Å². The van der Waals surface area contributed by atoms with E-state index >= 15 is 0 Å². The number of nitrogens with zero attached hydrogens (tertiary/aromatic N) is 1. The fraction of sp³-hybridized carbons (Fsp3) is 0.294. The van der Waals surface area contributed by atoms with Gasteiger partial charge >= 0.3 is 0 Å². The van der Waals surface area contributed by atoms with Crippen LogP contribution in [-0.4, -0.2) is 32.0 Å². The van der Waals surface area contributed by atoms with Crippen LogP contribution < -0.4 is 5.14 Å². The molecule has 0 spiro atoms. The Kier molecular flexibility index (Phi) is 5.54. The van der Waals surface area contributed by atoms with E-state index in [2.05, 4.69) is 0 Å². The number of likely N-dealkylation sites (N-methyl/N-ethyl adjacent to an activating group) is 1. The third-order valence-electron chi connectivity index (χ3n) is 4.00. The fourth-order valence-corrected chi connectivity index (χ4v) is 2.92. The standard InChI is InChI=1S/C17H22N2O3S/c1-13(14-8-10-16(11-9-14)23(18,21)22)19(2)12-17(20)15-6-4-3-5-7-15/h3-11,13,17,20H,12H2,1-2H3,(H2,18,21,22)/t13-,17+/m0/s1. The third-order valence-corrected chi connectivity index (χ3v) is 4.93. The number of primary sulfonamides is 1. The third kappa shape index (κ3) is 4.62. The van der Waals surface area contributed by atoms with Crippen molar-refractivity contribution in [3.05, 3.63) is 65.7 Å². The average Bonchev–Trinajstić information content (AvgIpc) is 2.54. The van der Waals surface area contributed by atoms with Crippen LogP contribution >= 0.6 is 0 Å². The summed E-state index contributed by atoms with van der Waals surface area (Å²) in [5, 5.41) is 15.4. The zero-order valence-electron chi connectivity index (χ0n) is 13.3. The van der Waals surface area contributed by atoms with Crippen LogP contribution in [-0.2, 0) is 10.0 Å². The highest BCUT2D eigenvalue weighted by molar-refractivity contribution is 7.89. The number of rotatable bonds is 6. The van der Waals surface area contributed by atoms with Crippen molar-refractivity contribution < 1.29 is 13.5 Å². The molecule has 5 nitrogen and oxygen atoms in total. The largest absolute Gasteiger partial charge is 0.387 e. The number of benzene rings is 2. The number of sulfonamides is 1. The van der Waals surface area contributed by atoms with Gasteiger partial charge in [-0.3, -0.25) is 4.90 Å². The summed E-state index contributed by atoms with van der Waals surface area (Å²) < 4.78 is 22.6. The number of hydrogen-bond donors (Lipinski definition) is 2. The lowest BCUT2D eigenvalue weighted by molar-refractivity contribution is 0.108. The van der Waals surface area contributed by atoms with Crippen molar-refractivity contribution >= 4 is 10.0 Å². The highest BCUT2D eigenvalue weighted by atomic mass is 32.2. The monoisotopic (exact) mass is 334 g/mol. The molecular weight excluding hydrogens is 312 g/mol. The molecule has 0 aliphatic heterocycles. The molecule has 0 fully saturated rings. The minimum atomic E-state index is -3.67. The van der Waals surface area contributed by atoms with E-state index in [-0.39, 0.29) is 10.9 Å². The topological polar surface area (TPSA) is 83.6 Å². The first-order valence-electron chi connectivity index (χ1n) is 7.35. The Morgan fingerprint density at radius 1 is 1.04 bits per heavy atom. The second-order valence-electron chi connectivity index (χ2n) is 5.66. The summed E-state index contributed by atoms with van der Waals surface area (Å²) in [4.78, 5) is 2.12. The Labute approximate surface area is 137 Å². The first-order valence-corrected chi connectivity index (χ1v) is 8.89. The van der Waals surface area contributed by atoms with Gasteiger partial charge in [0.25, 0.3) is 0 Å². The summed E-state index contributed by atoms with van der Waals surface area (Å²) in [5.74, 6) is 0. The lowest BCUT2D eigenvalue weighted by Gasteiger charge is -2.27. The van der Waals surface area contributed by atoms with Crippen LogP contribution in [0, 0.1) is 0 Å². The maximum Gasteiger partial charge on any atom is 0.238 e. The normalized spacial score (nSPS) is 14.7. The number of aliphatic hydroxyl groups excluding tert-OH is 1. The van der Waals surface area contributed by atoms with Crippen molar-refractivity contribution in [2.45, 2.75) is 24.0 Å². The van der Waals surface area contributed by atoms with Gasteiger partial charge in [-0.25, -0.2) is 13.6 Å². The Hall–Kier alpha value is -1.73. The van der Waals surface area contributed by atoms with Gasteiger partial charge in [0, 0.05) is 12.6 Å². The maximum atomic E-state index is 11.3. The summed E-state index contributed by atoms with van der Waals surface area (Å²) in [7, 11) is -1.75. The second-order valence-corrected chi connectivity index (χ2v) is 7.22. The quantitative estimate of drug-likeness (QED) is 0.847. The number of nitrogens with two attached hydrogens (primary N) is 1. The molecule has 6 heteroatoms. The molecule has 0 saturated heterocycles. The zero-order valence-corrected chi connectivity index (χ0v) is 14.1. The van der Waals surface area contributed by atoms with E-state index in [9.17, 15) is 13.5 Å². The summed E-state index contributed by atoms with van der Waals surface area (Å²) in [5.41, 5.74) is 1.83. The fourth-order valence-electron chi connectivity index (χ4n) is 2.40. The Bertz CT molecular complexity index is 730. The molecule has 2 atom stereocenters. The molecule has 2 rings (SSSR count). The SMILES string of the molecule is C[C@@H](c1ccc(S(N)(=O)=O)cc1)N(C)C[C@@H](O)c1ccccc1. The first-order chi connectivity index (χ1) is 10.8. The van der Waals surface area contributed by atoms with Crippen molar-refractivity contribution in [2.24, 2.45) is 5.14 Å². The average molecular weight is 334 g/mol. The summed E-state index contributed by atoms with van der Waals surface area (Å²) >= 11 is 0. The molecule has 0 aliphatic rings. The van der Waals surface area contributed by atoms with Gasteiger partial charge in [-0.05, 0) is 37.2 Å². The summed E-state index contributed by atoms with van der Waals surface area (Å²) in [6.07, 6.45) is -0.577. The molecule has 3 N–H and O–H groups in total. The van der Waals surface area contributed by atoms with E-state index in [1.54, 1.807) is 12.1 Å². The van der Waals surface area contributed by atoms with Crippen molar-refractivity contribution in [3.63, 3.8) is 0 Å². The van der Waals surface area contributed by atoms with Crippen LogP contribution in [0.4, 0.5) is 0 Å². The molecule has 0 aromatic heterocycles. The zero-order chi connectivity index (χ0) is 17.0. The van der Waals surface area contributed by atoms with Crippen molar-refractivity contribution in [3.8, 4) is 0 Å². The van der Waals surface area contributed by atoms with E-state index in [0.29, 0.717) is 6.54 Å². The molecule has 0 bridgehead atoms. The van der Waals surface area contributed by atoms with Crippen LogP contribution in [0.2, 0.25) is 0 Å².